The van der Waals surface area contributed by atoms with E-state index in [0.717, 1.165) is 35.3 Å². The van der Waals surface area contributed by atoms with Crippen LogP contribution in [-0.2, 0) is 16.0 Å². The molecule has 0 spiro atoms. The van der Waals surface area contributed by atoms with E-state index in [9.17, 15) is 9.59 Å². The predicted octanol–water partition coefficient (Wildman–Crippen LogP) is 3.75. The monoisotopic (exact) mass is 323 g/mol. The first-order chi connectivity index (χ1) is 11.5. The zero-order valence-corrected chi connectivity index (χ0v) is 14.3. The Morgan fingerprint density at radius 2 is 1.83 bits per heavy atom. The summed E-state index contributed by atoms with van der Waals surface area (Å²) in [6.07, 6.45) is 1.41. The van der Waals surface area contributed by atoms with Gasteiger partial charge in [-0.05, 0) is 53.8 Å². The highest BCUT2D eigenvalue weighted by Gasteiger charge is 2.23. The molecule has 1 aliphatic heterocycles. The molecule has 0 atom stereocenters. The van der Waals surface area contributed by atoms with Gasteiger partial charge in [-0.2, -0.15) is 0 Å². The molecule has 0 N–H and O–H groups in total. The fourth-order valence-corrected chi connectivity index (χ4v) is 3.21. The van der Waals surface area contributed by atoms with Crippen molar-refractivity contribution >= 4 is 17.6 Å². The van der Waals surface area contributed by atoms with E-state index in [1.807, 2.05) is 43.0 Å². The number of hydrogen-bond donors (Lipinski definition) is 0. The highest BCUT2D eigenvalue weighted by atomic mass is 16.5. The predicted molar refractivity (Wildman–Crippen MR) is 94.3 cm³/mol. The largest absolute Gasteiger partial charge is 0.465 e. The van der Waals surface area contributed by atoms with Crippen LogP contribution in [0.4, 0.5) is 5.69 Å². The second kappa shape index (κ2) is 6.48. The molecule has 0 aromatic heterocycles. The van der Waals surface area contributed by atoms with Crippen LogP contribution in [0.25, 0.3) is 11.1 Å². The van der Waals surface area contributed by atoms with Gasteiger partial charge >= 0.3 is 5.97 Å². The van der Waals surface area contributed by atoms with Gasteiger partial charge in [0, 0.05) is 18.7 Å². The van der Waals surface area contributed by atoms with Gasteiger partial charge in [0.25, 0.3) is 0 Å². The van der Waals surface area contributed by atoms with E-state index >= 15 is 0 Å². The summed E-state index contributed by atoms with van der Waals surface area (Å²) in [6.45, 7) is 4.55. The van der Waals surface area contributed by atoms with E-state index < -0.39 is 0 Å². The topological polar surface area (TPSA) is 46.6 Å². The zero-order chi connectivity index (χ0) is 17.3. The van der Waals surface area contributed by atoms with Crippen LogP contribution >= 0.6 is 0 Å². The molecule has 4 heteroatoms. The Balaban J connectivity index is 1.94. The average Bonchev–Trinajstić information content (AvgIpc) is 3.03. The lowest BCUT2D eigenvalue weighted by molar-refractivity contribution is -0.118. The third-order valence-corrected chi connectivity index (χ3v) is 4.54. The molecule has 2 aromatic rings. The van der Waals surface area contributed by atoms with Crippen molar-refractivity contribution in [3.8, 4) is 11.1 Å². The average molecular weight is 323 g/mol. The van der Waals surface area contributed by atoms with Gasteiger partial charge in [0.05, 0.1) is 12.7 Å². The zero-order valence-electron chi connectivity index (χ0n) is 14.3. The summed E-state index contributed by atoms with van der Waals surface area (Å²) in [7, 11) is 1.39. The van der Waals surface area contributed by atoms with Gasteiger partial charge in [-0.25, -0.2) is 4.79 Å². The lowest BCUT2D eigenvalue weighted by atomic mass is 9.98. The molecule has 0 aliphatic carbocycles. The number of carbonyl (C=O) groups is 2. The summed E-state index contributed by atoms with van der Waals surface area (Å²) in [5.74, 6) is -0.151. The molecule has 1 aliphatic rings. The third-order valence-electron chi connectivity index (χ3n) is 4.54. The molecular formula is C20H21NO3. The molecule has 4 nitrogen and oxygen atoms in total. The summed E-state index contributed by atoms with van der Waals surface area (Å²) < 4.78 is 4.79. The van der Waals surface area contributed by atoms with Crippen LogP contribution in [0, 0.1) is 6.92 Å². The van der Waals surface area contributed by atoms with Crippen molar-refractivity contribution in [1.82, 2.24) is 0 Å². The van der Waals surface area contributed by atoms with Gasteiger partial charge in [0.1, 0.15) is 0 Å². The minimum Gasteiger partial charge on any atom is -0.465 e. The Kier molecular flexibility index (Phi) is 4.38. The molecule has 0 radical (unpaired) electrons. The lowest BCUT2D eigenvalue weighted by Crippen LogP contribution is -2.27. The number of nitrogens with zero attached hydrogens (tertiary/aromatic N) is 1. The van der Waals surface area contributed by atoms with Gasteiger partial charge in [-0.1, -0.05) is 25.1 Å². The van der Waals surface area contributed by atoms with Crippen molar-refractivity contribution in [1.29, 1.82) is 0 Å². The van der Waals surface area contributed by atoms with E-state index in [1.165, 1.54) is 12.7 Å². The minimum atomic E-state index is -0.318. The Morgan fingerprint density at radius 1 is 1.12 bits per heavy atom. The number of aryl methyl sites for hydroxylation is 1. The number of benzene rings is 2. The molecule has 0 bridgehead atoms. The lowest BCUT2D eigenvalue weighted by Gasteiger charge is -2.16. The second-order valence-corrected chi connectivity index (χ2v) is 6.01. The number of fused-ring (bicyclic) bond motifs is 1. The summed E-state index contributed by atoms with van der Waals surface area (Å²) in [4.78, 5) is 25.6. The SMILES string of the molecule is CCC(=O)N1CCc2cc(-c3ccc(C(=O)OC)c(C)c3)ccc21. The van der Waals surface area contributed by atoms with Crippen molar-refractivity contribution in [2.24, 2.45) is 0 Å². The van der Waals surface area contributed by atoms with Gasteiger partial charge in [-0.15, -0.1) is 0 Å². The van der Waals surface area contributed by atoms with E-state index in [2.05, 4.69) is 6.07 Å². The summed E-state index contributed by atoms with van der Waals surface area (Å²) in [6, 6.07) is 11.9. The number of carbonyl (C=O) groups excluding carboxylic acids is 2. The molecule has 2 aromatic carbocycles. The summed E-state index contributed by atoms with van der Waals surface area (Å²) in [5.41, 5.74) is 5.85. The number of amides is 1. The smallest absolute Gasteiger partial charge is 0.338 e. The highest BCUT2D eigenvalue weighted by molar-refractivity contribution is 5.96. The van der Waals surface area contributed by atoms with Crippen molar-refractivity contribution in [3.05, 3.63) is 53.1 Å². The number of anilines is 1. The van der Waals surface area contributed by atoms with Crippen LogP contribution in [0.15, 0.2) is 36.4 Å². The number of esters is 1. The Labute approximate surface area is 142 Å². The molecule has 0 fully saturated rings. The van der Waals surface area contributed by atoms with Crippen molar-refractivity contribution in [2.45, 2.75) is 26.7 Å². The standard InChI is InChI=1S/C20H21NO3/c1-4-19(22)21-10-9-16-12-15(6-8-18(16)21)14-5-7-17(13(2)11-14)20(23)24-3/h5-8,11-12H,4,9-10H2,1-3H3. The number of rotatable bonds is 3. The normalized spacial score (nSPS) is 12.9. The third kappa shape index (κ3) is 2.80. The Morgan fingerprint density at radius 3 is 2.50 bits per heavy atom. The van der Waals surface area contributed by atoms with E-state index in [1.54, 1.807) is 6.07 Å². The Hall–Kier alpha value is -2.62. The van der Waals surface area contributed by atoms with Crippen LogP contribution in [-0.4, -0.2) is 25.5 Å². The maximum atomic E-state index is 12.0. The van der Waals surface area contributed by atoms with Gasteiger partial charge in [0.15, 0.2) is 0 Å². The van der Waals surface area contributed by atoms with Gasteiger partial charge < -0.3 is 9.64 Å². The quantitative estimate of drug-likeness (QED) is 0.808. The van der Waals surface area contributed by atoms with Crippen LogP contribution in [0.5, 0.6) is 0 Å². The van der Waals surface area contributed by atoms with Crippen LogP contribution in [0.3, 0.4) is 0 Å². The maximum absolute atomic E-state index is 12.0. The maximum Gasteiger partial charge on any atom is 0.338 e. The fourth-order valence-electron chi connectivity index (χ4n) is 3.21. The molecule has 1 amide bonds. The van der Waals surface area contributed by atoms with Crippen LogP contribution in [0.2, 0.25) is 0 Å². The van der Waals surface area contributed by atoms with Gasteiger partial charge in [0.2, 0.25) is 5.91 Å². The number of methoxy groups -OCH3 is 1. The van der Waals surface area contributed by atoms with Crippen LogP contribution in [0.1, 0.15) is 34.8 Å². The molecule has 3 rings (SSSR count). The molecule has 1 heterocycles. The molecule has 124 valence electrons. The van der Waals surface area contributed by atoms with Crippen molar-refractivity contribution in [2.75, 3.05) is 18.6 Å². The van der Waals surface area contributed by atoms with E-state index in [0.29, 0.717) is 12.0 Å². The fraction of sp³-hybridized carbons (Fsp3) is 0.300. The first kappa shape index (κ1) is 16.2. The number of hydrogen-bond acceptors (Lipinski definition) is 3. The first-order valence-electron chi connectivity index (χ1n) is 8.17. The van der Waals surface area contributed by atoms with Crippen molar-refractivity contribution in [3.63, 3.8) is 0 Å². The molecular weight excluding hydrogens is 302 g/mol. The van der Waals surface area contributed by atoms with Gasteiger partial charge in [-0.3, -0.25) is 4.79 Å². The summed E-state index contributed by atoms with van der Waals surface area (Å²) in [5, 5.41) is 0. The van der Waals surface area contributed by atoms with E-state index in [-0.39, 0.29) is 11.9 Å². The van der Waals surface area contributed by atoms with Crippen molar-refractivity contribution < 1.29 is 14.3 Å². The van der Waals surface area contributed by atoms with E-state index in [4.69, 9.17) is 4.74 Å². The Bertz CT molecular complexity index is 811. The van der Waals surface area contributed by atoms with Crippen LogP contribution < -0.4 is 4.90 Å². The first-order valence-corrected chi connectivity index (χ1v) is 8.17. The second-order valence-electron chi connectivity index (χ2n) is 6.01. The molecule has 0 saturated heterocycles. The minimum absolute atomic E-state index is 0.166. The molecule has 0 saturated carbocycles. The molecule has 0 unspecified atom stereocenters. The highest BCUT2D eigenvalue weighted by Crippen LogP contribution is 2.33. The number of ether oxygens (including phenoxy) is 1. The molecule has 24 heavy (non-hydrogen) atoms. The summed E-state index contributed by atoms with van der Waals surface area (Å²) >= 11 is 0.